The van der Waals surface area contributed by atoms with E-state index in [1.807, 2.05) is 36.3 Å². The van der Waals surface area contributed by atoms with Crippen LogP contribution in [0.25, 0.3) is 22.0 Å². The fraction of sp³-hybridized carbons (Fsp3) is 0.200. The summed E-state index contributed by atoms with van der Waals surface area (Å²) < 4.78 is 0. The molecule has 1 heterocycles. The minimum Gasteiger partial charge on any atom is -0.365 e. The van der Waals surface area contributed by atoms with E-state index in [9.17, 15) is 4.79 Å². The lowest BCUT2D eigenvalue weighted by Crippen LogP contribution is -2.32. The average molecular weight is 319 g/mol. The van der Waals surface area contributed by atoms with E-state index in [0.717, 1.165) is 16.6 Å². The normalized spacial score (nSPS) is 10.6. The number of benzene rings is 2. The summed E-state index contributed by atoms with van der Waals surface area (Å²) in [4.78, 5) is 18.0. The Bertz CT molecular complexity index is 889. The maximum absolute atomic E-state index is 11.6. The van der Waals surface area contributed by atoms with E-state index >= 15 is 0 Å². The summed E-state index contributed by atoms with van der Waals surface area (Å²) in [6.07, 6.45) is 1.84. The van der Waals surface area contributed by atoms with Gasteiger partial charge in [0.2, 0.25) is 5.91 Å². The number of nitrogens with zero attached hydrogens (tertiary/aromatic N) is 2. The highest BCUT2D eigenvalue weighted by Gasteiger charge is 2.10. The minimum atomic E-state index is -0.0146. The molecule has 0 radical (unpaired) electrons. The van der Waals surface area contributed by atoms with E-state index in [4.69, 9.17) is 0 Å². The topological polar surface area (TPSA) is 45.2 Å². The fourth-order valence-corrected chi connectivity index (χ4v) is 2.87. The molecule has 1 amide bonds. The van der Waals surface area contributed by atoms with Crippen molar-refractivity contribution in [1.82, 2.24) is 10.3 Å². The quantitative estimate of drug-likeness (QED) is 0.802. The number of hydrogen-bond acceptors (Lipinski definition) is 3. The van der Waals surface area contributed by atoms with Crippen LogP contribution in [0.3, 0.4) is 0 Å². The molecule has 0 fully saturated rings. The summed E-state index contributed by atoms with van der Waals surface area (Å²) in [6, 6.07) is 16.6. The molecule has 1 N–H and O–H groups in total. The summed E-state index contributed by atoms with van der Waals surface area (Å²) in [5.74, 6) is -0.0146. The van der Waals surface area contributed by atoms with Gasteiger partial charge in [-0.15, -0.1) is 0 Å². The molecule has 0 atom stereocenters. The second-order valence-electron chi connectivity index (χ2n) is 5.90. The fourth-order valence-electron chi connectivity index (χ4n) is 2.87. The van der Waals surface area contributed by atoms with Crippen molar-refractivity contribution in [1.29, 1.82) is 0 Å². The molecule has 0 saturated heterocycles. The van der Waals surface area contributed by atoms with Gasteiger partial charge >= 0.3 is 0 Å². The van der Waals surface area contributed by atoms with E-state index in [1.54, 1.807) is 7.05 Å². The molecule has 24 heavy (non-hydrogen) atoms. The maximum Gasteiger partial charge on any atom is 0.239 e. The molecule has 0 bridgehead atoms. The zero-order valence-electron chi connectivity index (χ0n) is 14.2. The van der Waals surface area contributed by atoms with Crippen molar-refractivity contribution >= 4 is 22.5 Å². The highest BCUT2D eigenvalue weighted by atomic mass is 16.1. The van der Waals surface area contributed by atoms with Crippen LogP contribution >= 0.6 is 0 Å². The Balaban J connectivity index is 2.04. The monoisotopic (exact) mass is 319 g/mol. The lowest BCUT2D eigenvalue weighted by atomic mass is 9.97. The highest BCUT2D eigenvalue weighted by Crippen LogP contribution is 2.31. The van der Waals surface area contributed by atoms with E-state index in [1.165, 1.54) is 16.7 Å². The smallest absolute Gasteiger partial charge is 0.239 e. The SMILES string of the molecule is CNC(=O)CN(C)c1ccc2c(-c3ccccc3C)ccnc2c1. The summed E-state index contributed by atoms with van der Waals surface area (Å²) in [5.41, 5.74) is 5.54. The third-order valence-electron chi connectivity index (χ3n) is 4.26. The second-order valence-corrected chi connectivity index (χ2v) is 5.90. The van der Waals surface area contributed by atoms with Gasteiger partial charge in [0.25, 0.3) is 0 Å². The number of rotatable bonds is 4. The highest BCUT2D eigenvalue weighted by molar-refractivity contribution is 5.96. The largest absolute Gasteiger partial charge is 0.365 e. The summed E-state index contributed by atoms with van der Waals surface area (Å²) in [5, 5.41) is 3.76. The van der Waals surface area contributed by atoms with Crippen LogP contribution in [0.2, 0.25) is 0 Å². The van der Waals surface area contributed by atoms with Gasteiger partial charge < -0.3 is 10.2 Å². The van der Waals surface area contributed by atoms with E-state index < -0.39 is 0 Å². The molecule has 0 aliphatic carbocycles. The van der Waals surface area contributed by atoms with Crippen molar-refractivity contribution in [2.45, 2.75) is 6.92 Å². The number of anilines is 1. The number of aryl methyl sites for hydroxylation is 1. The lowest BCUT2D eigenvalue weighted by molar-refractivity contribution is -0.119. The Morgan fingerprint density at radius 2 is 1.92 bits per heavy atom. The van der Waals surface area contributed by atoms with Crippen LogP contribution in [0.5, 0.6) is 0 Å². The third kappa shape index (κ3) is 3.08. The van der Waals surface area contributed by atoms with Gasteiger partial charge in [0.1, 0.15) is 0 Å². The van der Waals surface area contributed by atoms with Gasteiger partial charge in [-0.1, -0.05) is 30.3 Å². The number of fused-ring (bicyclic) bond motifs is 1. The molecule has 3 aromatic rings. The number of amides is 1. The van der Waals surface area contributed by atoms with Crippen LogP contribution in [0.15, 0.2) is 54.7 Å². The van der Waals surface area contributed by atoms with Crippen molar-refractivity contribution in [3.63, 3.8) is 0 Å². The zero-order valence-corrected chi connectivity index (χ0v) is 14.2. The van der Waals surface area contributed by atoms with E-state index in [-0.39, 0.29) is 5.91 Å². The van der Waals surface area contributed by atoms with Gasteiger partial charge in [-0.3, -0.25) is 9.78 Å². The zero-order chi connectivity index (χ0) is 17.1. The first-order chi connectivity index (χ1) is 11.6. The Labute approximate surface area is 142 Å². The molecule has 122 valence electrons. The number of likely N-dealkylation sites (N-methyl/N-ethyl adjacent to an activating group) is 2. The summed E-state index contributed by atoms with van der Waals surface area (Å²) in [7, 11) is 3.55. The Hall–Kier alpha value is -2.88. The van der Waals surface area contributed by atoms with Gasteiger partial charge in [0.15, 0.2) is 0 Å². The van der Waals surface area contributed by atoms with E-state index in [2.05, 4.69) is 47.6 Å². The molecule has 0 spiro atoms. The minimum absolute atomic E-state index is 0.0146. The molecule has 4 heteroatoms. The first kappa shape index (κ1) is 16.0. The van der Waals surface area contributed by atoms with Crippen molar-refractivity contribution in [3.8, 4) is 11.1 Å². The first-order valence-corrected chi connectivity index (χ1v) is 7.96. The number of nitrogens with one attached hydrogen (secondary N) is 1. The van der Waals surface area contributed by atoms with Crippen LogP contribution < -0.4 is 10.2 Å². The predicted molar refractivity (Wildman–Crippen MR) is 99.3 cm³/mol. The molecule has 0 aliphatic rings. The average Bonchev–Trinajstić information content (AvgIpc) is 2.61. The standard InChI is InChI=1S/C20H21N3O/c1-14-6-4-5-7-16(14)17-10-11-22-19-12-15(8-9-18(17)19)23(3)13-20(24)21-2/h4-12H,13H2,1-3H3,(H,21,24). The number of carbonyl (C=O) groups is 1. The summed E-state index contributed by atoms with van der Waals surface area (Å²) >= 11 is 0. The van der Waals surface area contributed by atoms with E-state index in [0.29, 0.717) is 6.54 Å². The van der Waals surface area contributed by atoms with Crippen LogP contribution in [0.4, 0.5) is 5.69 Å². The van der Waals surface area contributed by atoms with Crippen molar-refractivity contribution in [2.24, 2.45) is 0 Å². The molecule has 0 saturated carbocycles. The molecule has 1 aromatic heterocycles. The number of pyridine rings is 1. The van der Waals surface area contributed by atoms with Crippen LogP contribution in [0.1, 0.15) is 5.56 Å². The van der Waals surface area contributed by atoms with Gasteiger partial charge in [-0.2, -0.15) is 0 Å². The second kappa shape index (κ2) is 6.71. The van der Waals surface area contributed by atoms with Gasteiger partial charge in [0, 0.05) is 31.4 Å². The predicted octanol–water partition coefficient (Wildman–Crippen LogP) is 3.39. The molecular weight excluding hydrogens is 298 g/mol. The Kier molecular flexibility index (Phi) is 4.47. The maximum atomic E-state index is 11.6. The molecule has 0 aliphatic heterocycles. The molecular formula is C20H21N3O. The third-order valence-corrected chi connectivity index (χ3v) is 4.26. The molecule has 3 rings (SSSR count). The molecule has 4 nitrogen and oxygen atoms in total. The summed E-state index contributed by atoms with van der Waals surface area (Å²) in [6.45, 7) is 2.44. The Morgan fingerprint density at radius 3 is 2.67 bits per heavy atom. The van der Waals surface area contributed by atoms with Gasteiger partial charge in [-0.25, -0.2) is 0 Å². The van der Waals surface area contributed by atoms with Crippen molar-refractivity contribution in [2.75, 3.05) is 25.5 Å². The van der Waals surface area contributed by atoms with Crippen LogP contribution in [-0.4, -0.2) is 31.5 Å². The number of aromatic nitrogens is 1. The van der Waals surface area contributed by atoms with Crippen molar-refractivity contribution < 1.29 is 4.79 Å². The lowest BCUT2D eigenvalue weighted by Gasteiger charge is -2.19. The number of hydrogen-bond donors (Lipinski definition) is 1. The molecule has 0 unspecified atom stereocenters. The Morgan fingerprint density at radius 1 is 1.12 bits per heavy atom. The van der Waals surface area contributed by atoms with Gasteiger partial charge in [-0.05, 0) is 41.8 Å². The van der Waals surface area contributed by atoms with Crippen LogP contribution in [-0.2, 0) is 4.79 Å². The first-order valence-electron chi connectivity index (χ1n) is 7.96. The molecule has 2 aromatic carbocycles. The van der Waals surface area contributed by atoms with Crippen LogP contribution in [0, 0.1) is 6.92 Å². The van der Waals surface area contributed by atoms with Crippen molar-refractivity contribution in [3.05, 3.63) is 60.3 Å². The number of carbonyl (C=O) groups excluding carboxylic acids is 1. The van der Waals surface area contributed by atoms with Gasteiger partial charge in [0.05, 0.1) is 12.1 Å².